The van der Waals surface area contributed by atoms with Gasteiger partial charge in [0.15, 0.2) is 6.10 Å². The minimum absolute atomic E-state index is 0. The van der Waals surface area contributed by atoms with Crippen molar-refractivity contribution in [3.8, 4) is 0 Å². The molecule has 2 unspecified atom stereocenters. The quantitative estimate of drug-likeness (QED) is 0.439. The summed E-state index contributed by atoms with van der Waals surface area (Å²) in [5.41, 5.74) is 0. The van der Waals surface area contributed by atoms with Gasteiger partial charge in [0.05, 0.1) is 5.97 Å². The third-order valence-electron chi connectivity index (χ3n) is 0.794. The van der Waals surface area contributed by atoms with Gasteiger partial charge in [-0.05, 0) is 0 Å². The fraction of sp³-hybridized carbons (Fsp3) is 0.500. The van der Waals surface area contributed by atoms with Crippen LogP contribution in [0.25, 0.3) is 0 Å². The zero-order valence-corrected chi connectivity index (χ0v) is 12.3. The molecular formula is C4H5KO7Sb. The molecule has 69 valence electrons. The molecule has 0 aliphatic rings. The van der Waals surface area contributed by atoms with Crippen molar-refractivity contribution in [2.75, 3.05) is 0 Å². The van der Waals surface area contributed by atoms with Gasteiger partial charge in [-0.1, -0.05) is 0 Å². The Labute approximate surface area is 129 Å². The van der Waals surface area contributed by atoms with E-state index in [1.54, 1.807) is 0 Å². The Balaban J connectivity index is -0.000000309. The summed E-state index contributed by atoms with van der Waals surface area (Å²) in [5.74, 6) is -3.83. The molecule has 0 bridgehead atoms. The Morgan fingerprint density at radius 2 is 1.46 bits per heavy atom. The van der Waals surface area contributed by atoms with Crippen LogP contribution in [0.15, 0.2) is 0 Å². The molecule has 2 atom stereocenters. The molecule has 9 heteroatoms. The number of hydrogen-bond acceptors (Lipinski definition) is 6. The first-order valence-electron chi connectivity index (χ1n) is 2.45. The van der Waals surface area contributed by atoms with Crippen LogP contribution in [-0.2, 0) is 12.6 Å². The summed E-state index contributed by atoms with van der Waals surface area (Å²) in [6.07, 6.45) is -4.71. The number of aliphatic hydroxyl groups excluding tert-OH is 2. The number of carboxylic acids is 2. The maximum atomic E-state index is 9.74. The van der Waals surface area contributed by atoms with E-state index in [0.29, 0.717) is 23.0 Å². The summed E-state index contributed by atoms with van der Waals surface area (Å²) in [6.45, 7) is 0. The molecule has 0 fully saturated rings. The van der Waals surface area contributed by atoms with E-state index in [1.807, 2.05) is 0 Å². The number of aliphatic carboxylic acids is 2. The van der Waals surface area contributed by atoms with Gasteiger partial charge in [-0.3, -0.25) is 0 Å². The second-order valence-corrected chi connectivity index (χ2v) is 1.55. The molecule has 0 amide bonds. The molecule has 0 saturated heterocycles. The average molecular weight is 326 g/mol. The van der Waals surface area contributed by atoms with Gasteiger partial charge in [-0.15, -0.1) is 0 Å². The van der Waals surface area contributed by atoms with Crippen molar-refractivity contribution in [1.82, 2.24) is 0 Å². The van der Waals surface area contributed by atoms with Crippen LogP contribution in [0.3, 0.4) is 0 Å². The molecule has 0 aliphatic carbocycles. The Hall–Kier alpha value is 1.11. The van der Waals surface area contributed by atoms with E-state index in [9.17, 15) is 14.7 Å². The average Bonchev–Trinajstić information content (AvgIpc) is 2.05. The fourth-order valence-corrected chi connectivity index (χ4v) is 0.264. The maximum absolute atomic E-state index is 9.74. The van der Waals surface area contributed by atoms with Crippen molar-refractivity contribution < 1.29 is 84.4 Å². The first kappa shape index (κ1) is 19.7. The van der Waals surface area contributed by atoms with Gasteiger partial charge >= 0.3 is 83.4 Å². The molecule has 0 aromatic rings. The van der Waals surface area contributed by atoms with E-state index in [2.05, 4.69) is 0 Å². The number of aliphatic hydroxyl groups is 2. The van der Waals surface area contributed by atoms with E-state index in [1.165, 1.54) is 0 Å². The van der Waals surface area contributed by atoms with E-state index >= 15 is 0 Å². The summed E-state index contributed by atoms with van der Waals surface area (Å²) in [6, 6.07) is 0. The van der Waals surface area contributed by atoms with Crippen molar-refractivity contribution >= 4 is 35.0 Å². The van der Waals surface area contributed by atoms with Crippen LogP contribution < -0.4 is 56.5 Å². The van der Waals surface area contributed by atoms with Crippen molar-refractivity contribution in [3.63, 3.8) is 0 Å². The SMILES string of the molecule is O=C([O-])C(O)C(O)C(=O)O.[K+].[O]=[Sb]. The predicted molar refractivity (Wildman–Crippen MR) is 31.1 cm³/mol. The Morgan fingerprint density at radius 3 is 1.54 bits per heavy atom. The van der Waals surface area contributed by atoms with E-state index in [0.717, 1.165) is 0 Å². The van der Waals surface area contributed by atoms with Crippen molar-refractivity contribution in [3.05, 3.63) is 0 Å². The van der Waals surface area contributed by atoms with Gasteiger partial charge in [-0.25, -0.2) is 4.79 Å². The van der Waals surface area contributed by atoms with Gasteiger partial charge in [0.25, 0.3) is 0 Å². The third kappa shape index (κ3) is 9.42. The van der Waals surface area contributed by atoms with Gasteiger partial charge in [0.1, 0.15) is 6.10 Å². The molecule has 0 saturated carbocycles. The zero-order valence-electron chi connectivity index (χ0n) is 6.58. The molecule has 0 spiro atoms. The van der Waals surface area contributed by atoms with Crippen LogP contribution in [0, 0.1) is 0 Å². The predicted octanol–water partition coefficient (Wildman–Crippen LogP) is -6.95. The molecule has 0 aromatic heterocycles. The van der Waals surface area contributed by atoms with Crippen LogP contribution in [0.2, 0.25) is 0 Å². The molecular weight excluding hydrogens is 321 g/mol. The Morgan fingerprint density at radius 1 is 1.15 bits per heavy atom. The molecule has 1 radical (unpaired) electrons. The summed E-state index contributed by atoms with van der Waals surface area (Å²) in [4.78, 5) is 19.4. The summed E-state index contributed by atoms with van der Waals surface area (Å²) in [7, 11) is 0. The number of carbonyl (C=O) groups is 2. The number of rotatable bonds is 3. The summed E-state index contributed by atoms with van der Waals surface area (Å²) in [5, 5.41) is 34.1. The van der Waals surface area contributed by atoms with Gasteiger partial charge in [-0.2, -0.15) is 0 Å². The second kappa shape index (κ2) is 11.2. The van der Waals surface area contributed by atoms with E-state index in [-0.39, 0.29) is 51.4 Å². The first-order valence-corrected chi connectivity index (χ1v) is 3.49. The molecule has 3 N–H and O–H groups in total. The first-order chi connectivity index (χ1) is 5.46. The number of carboxylic acid groups (broad SMARTS) is 2. The summed E-state index contributed by atoms with van der Waals surface area (Å²) >= 11 is 0.500. The van der Waals surface area contributed by atoms with E-state index < -0.39 is 24.1 Å². The van der Waals surface area contributed by atoms with Crippen molar-refractivity contribution in [1.29, 1.82) is 0 Å². The van der Waals surface area contributed by atoms with Gasteiger partial charge < -0.3 is 25.2 Å². The van der Waals surface area contributed by atoms with Crippen molar-refractivity contribution in [2.45, 2.75) is 12.2 Å². The van der Waals surface area contributed by atoms with Gasteiger partial charge in [0, 0.05) is 0 Å². The van der Waals surface area contributed by atoms with E-state index in [4.69, 9.17) is 18.3 Å². The Kier molecular flexibility index (Phi) is 16.9. The molecule has 13 heavy (non-hydrogen) atoms. The number of carbonyl (C=O) groups excluding carboxylic acids is 1. The van der Waals surface area contributed by atoms with Crippen LogP contribution in [-0.4, -0.2) is 62.5 Å². The summed E-state index contributed by atoms with van der Waals surface area (Å²) < 4.78 is 8.30. The zero-order chi connectivity index (χ0) is 10.3. The molecule has 0 rings (SSSR count). The van der Waals surface area contributed by atoms with Crippen LogP contribution in [0.5, 0.6) is 0 Å². The standard InChI is InChI=1S/C4H6O6.K.O.Sb/c5-1(3(7)8)2(6)4(9)10;;;/h1-2,5-6H,(H,7,8)(H,9,10);;;/q;+1;;/p-1. The normalized spacial score (nSPS) is 12.5. The number of hydrogen-bond donors (Lipinski definition) is 3. The molecule has 0 aromatic carbocycles. The van der Waals surface area contributed by atoms with Crippen molar-refractivity contribution in [2.24, 2.45) is 0 Å². The molecule has 0 heterocycles. The van der Waals surface area contributed by atoms with Crippen LogP contribution in [0.4, 0.5) is 0 Å². The molecule has 0 aliphatic heterocycles. The second-order valence-electron chi connectivity index (χ2n) is 1.55. The minimum atomic E-state index is -2.38. The van der Waals surface area contributed by atoms with Crippen LogP contribution in [0.1, 0.15) is 0 Å². The van der Waals surface area contributed by atoms with Crippen LogP contribution >= 0.6 is 0 Å². The third-order valence-corrected chi connectivity index (χ3v) is 0.794. The molecule has 7 nitrogen and oxygen atoms in total. The monoisotopic (exact) mass is 325 g/mol. The van der Waals surface area contributed by atoms with Gasteiger partial charge in [0.2, 0.25) is 0 Å². The Bertz CT molecular complexity index is 156. The fourth-order valence-electron chi connectivity index (χ4n) is 0.264. The topological polar surface area (TPSA) is 135 Å².